The van der Waals surface area contributed by atoms with Gasteiger partial charge in [-0.25, -0.2) is 0 Å². The van der Waals surface area contributed by atoms with Gasteiger partial charge in [-0.05, 0) is 43.6 Å². The number of imide groups is 1. The van der Waals surface area contributed by atoms with Crippen molar-refractivity contribution in [1.82, 2.24) is 4.90 Å². The molecule has 2 fully saturated rings. The van der Waals surface area contributed by atoms with Gasteiger partial charge in [0.1, 0.15) is 0 Å². The Labute approximate surface area is 148 Å². The van der Waals surface area contributed by atoms with Gasteiger partial charge in [0.05, 0.1) is 11.1 Å². The first-order valence-corrected chi connectivity index (χ1v) is 8.87. The summed E-state index contributed by atoms with van der Waals surface area (Å²) < 4.78 is 0. The van der Waals surface area contributed by atoms with Gasteiger partial charge in [0.2, 0.25) is 11.8 Å². The molecular formula is C21H22N2O2. The molecule has 128 valence electrons. The number of benzene rings is 2. The number of hydrogen-bond donors (Lipinski definition) is 0. The van der Waals surface area contributed by atoms with E-state index in [1.165, 1.54) is 10.5 Å². The fourth-order valence-corrected chi connectivity index (χ4v) is 4.00. The Morgan fingerprint density at radius 2 is 1.44 bits per heavy atom. The van der Waals surface area contributed by atoms with Crippen LogP contribution in [0.15, 0.2) is 60.7 Å². The monoisotopic (exact) mass is 334 g/mol. The molecule has 2 aromatic rings. The van der Waals surface area contributed by atoms with Crippen molar-refractivity contribution >= 4 is 17.5 Å². The molecule has 1 spiro atoms. The molecule has 2 heterocycles. The molecule has 0 radical (unpaired) electrons. The molecule has 4 nitrogen and oxygen atoms in total. The summed E-state index contributed by atoms with van der Waals surface area (Å²) in [5, 5.41) is 0. The zero-order valence-corrected chi connectivity index (χ0v) is 14.2. The molecule has 25 heavy (non-hydrogen) atoms. The van der Waals surface area contributed by atoms with Gasteiger partial charge in [-0.1, -0.05) is 48.5 Å². The minimum atomic E-state index is -0.500. The Morgan fingerprint density at radius 3 is 2.08 bits per heavy atom. The maximum atomic E-state index is 13.0. The zero-order chi connectivity index (χ0) is 17.3. The smallest absolute Gasteiger partial charge is 0.240 e. The van der Waals surface area contributed by atoms with Gasteiger partial charge in [-0.3, -0.25) is 19.4 Å². The van der Waals surface area contributed by atoms with Gasteiger partial charge in [0, 0.05) is 13.0 Å². The first-order valence-electron chi connectivity index (χ1n) is 8.87. The summed E-state index contributed by atoms with van der Waals surface area (Å²) in [5.74, 6) is -0.0734. The Morgan fingerprint density at radius 1 is 0.840 bits per heavy atom. The molecule has 0 aliphatic carbocycles. The van der Waals surface area contributed by atoms with E-state index in [4.69, 9.17) is 0 Å². The SMILES string of the molecule is O=C1CC2(CCN(Cc3ccccc3)CC2)C(=O)N1c1ccccc1. The largest absolute Gasteiger partial charge is 0.299 e. The Balaban J connectivity index is 1.46. The zero-order valence-electron chi connectivity index (χ0n) is 14.2. The van der Waals surface area contributed by atoms with E-state index in [-0.39, 0.29) is 11.8 Å². The molecule has 0 atom stereocenters. The van der Waals surface area contributed by atoms with Crippen molar-refractivity contribution in [2.45, 2.75) is 25.8 Å². The van der Waals surface area contributed by atoms with Crippen molar-refractivity contribution in [1.29, 1.82) is 0 Å². The summed E-state index contributed by atoms with van der Waals surface area (Å²) in [6, 6.07) is 19.7. The molecule has 0 N–H and O–H groups in total. The number of piperidine rings is 1. The van der Waals surface area contributed by atoms with E-state index in [1.807, 2.05) is 36.4 Å². The van der Waals surface area contributed by atoms with Crippen LogP contribution in [0.2, 0.25) is 0 Å². The quantitative estimate of drug-likeness (QED) is 0.809. The number of hydrogen-bond acceptors (Lipinski definition) is 3. The summed E-state index contributed by atoms with van der Waals surface area (Å²) in [5.41, 5.74) is 1.49. The van der Waals surface area contributed by atoms with Crippen molar-refractivity contribution in [2.24, 2.45) is 5.41 Å². The molecule has 0 bridgehead atoms. The number of carbonyl (C=O) groups excluding carboxylic acids is 2. The van der Waals surface area contributed by atoms with Gasteiger partial charge in [-0.2, -0.15) is 0 Å². The molecule has 0 unspecified atom stereocenters. The van der Waals surface area contributed by atoms with E-state index in [2.05, 4.69) is 29.2 Å². The highest BCUT2D eigenvalue weighted by atomic mass is 16.2. The molecule has 2 aliphatic heterocycles. The lowest BCUT2D eigenvalue weighted by Crippen LogP contribution is -2.44. The molecule has 4 heteroatoms. The molecule has 2 amide bonds. The van der Waals surface area contributed by atoms with E-state index in [9.17, 15) is 9.59 Å². The van der Waals surface area contributed by atoms with Crippen molar-refractivity contribution in [3.05, 3.63) is 66.2 Å². The predicted molar refractivity (Wildman–Crippen MR) is 96.9 cm³/mol. The van der Waals surface area contributed by atoms with Crippen LogP contribution in [0.25, 0.3) is 0 Å². The minimum absolute atomic E-state index is 0.0111. The lowest BCUT2D eigenvalue weighted by Gasteiger charge is -2.37. The lowest BCUT2D eigenvalue weighted by atomic mass is 9.77. The molecule has 4 rings (SSSR count). The third kappa shape index (κ3) is 2.98. The van der Waals surface area contributed by atoms with E-state index < -0.39 is 5.41 Å². The summed E-state index contributed by atoms with van der Waals surface area (Å²) in [6.45, 7) is 2.62. The van der Waals surface area contributed by atoms with Crippen LogP contribution < -0.4 is 4.90 Å². The Hall–Kier alpha value is -2.46. The van der Waals surface area contributed by atoms with E-state index in [0.717, 1.165) is 32.5 Å². The Kier molecular flexibility index (Phi) is 4.14. The van der Waals surface area contributed by atoms with Gasteiger partial charge in [0.15, 0.2) is 0 Å². The molecule has 0 saturated carbocycles. The standard InChI is InChI=1S/C21H22N2O2/c24-19-15-21(20(25)23(19)18-9-5-2-6-10-18)11-13-22(14-12-21)16-17-7-3-1-4-8-17/h1-10H,11-16H2. The second-order valence-corrected chi connectivity index (χ2v) is 7.09. The van der Waals surface area contributed by atoms with Crippen molar-refractivity contribution in [2.75, 3.05) is 18.0 Å². The molecule has 2 aromatic carbocycles. The summed E-state index contributed by atoms with van der Waals surface area (Å²) in [6.07, 6.45) is 1.86. The van der Waals surface area contributed by atoms with Crippen LogP contribution in [-0.2, 0) is 16.1 Å². The lowest BCUT2D eigenvalue weighted by molar-refractivity contribution is -0.128. The van der Waals surface area contributed by atoms with Crippen LogP contribution in [0.4, 0.5) is 5.69 Å². The Bertz CT molecular complexity index is 765. The average Bonchev–Trinajstić information content (AvgIpc) is 2.89. The first-order chi connectivity index (χ1) is 12.2. The number of amides is 2. The van der Waals surface area contributed by atoms with Crippen LogP contribution in [0.1, 0.15) is 24.8 Å². The molecule has 2 saturated heterocycles. The second-order valence-electron chi connectivity index (χ2n) is 7.09. The van der Waals surface area contributed by atoms with E-state index >= 15 is 0 Å². The highest BCUT2D eigenvalue weighted by Crippen LogP contribution is 2.43. The van der Waals surface area contributed by atoms with Gasteiger partial charge in [-0.15, -0.1) is 0 Å². The number of anilines is 1. The van der Waals surface area contributed by atoms with Crippen molar-refractivity contribution in [3.63, 3.8) is 0 Å². The number of carbonyl (C=O) groups is 2. The van der Waals surface area contributed by atoms with Crippen molar-refractivity contribution < 1.29 is 9.59 Å². The minimum Gasteiger partial charge on any atom is -0.299 e. The molecule has 2 aliphatic rings. The normalized spacial score (nSPS) is 20.4. The maximum Gasteiger partial charge on any atom is 0.240 e. The fourth-order valence-electron chi connectivity index (χ4n) is 4.00. The number of likely N-dealkylation sites (tertiary alicyclic amines) is 1. The van der Waals surface area contributed by atoms with E-state index in [0.29, 0.717) is 12.1 Å². The van der Waals surface area contributed by atoms with Crippen LogP contribution in [0.5, 0.6) is 0 Å². The molecule has 0 aromatic heterocycles. The van der Waals surface area contributed by atoms with Crippen LogP contribution >= 0.6 is 0 Å². The van der Waals surface area contributed by atoms with Crippen LogP contribution in [0.3, 0.4) is 0 Å². The van der Waals surface area contributed by atoms with Crippen molar-refractivity contribution in [3.8, 4) is 0 Å². The summed E-state index contributed by atoms with van der Waals surface area (Å²) in [7, 11) is 0. The van der Waals surface area contributed by atoms with Crippen LogP contribution in [0, 0.1) is 5.41 Å². The topological polar surface area (TPSA) is 40.6 Å². The van der Waals surface area contributed by atoms with Crippen LogP contribution in [-0.4, -0.2) is 29.8 Å². The van der Waals surface area contributed by atoms with Gasteiger partial charge in [0.25, 0.3) is 0 Å². The third-order valence-electron chi connectivity index (χ3n) is 5.47. The second kappa shape index (κ2) is 6.45. The average molecular weight is 334 g/mol. The third-order valence-corrected chi connectivity index (χ3v) is 5.47. The first kappa shape index (κ1) is 16.0. The summed E-state index contributed by atoms with van der Waals surface area (Å²) in [4.78, 5) is 29.3. The van der Waals surface area contributed by atoms with E-state index in [1.54, 1.807) is 0 Å². The number of nitrogens with zero attached hydrogens (tertiary/aromatic N) is 2. The van der Waals surface area contributed by atoms with Gasteiger partial charge >= 0.3 is 0 Å². The maximum absolute atomic E-state index is 13.0. The highest BCUT2D eigenvalue weighted by Gasteiger charge is 2.52. The fraction of sp³-hybridized carbons (Fsp3) is 0.333. The van der Waals surface area contributed by atoms with Gasteiger partial charge < -0.3 is 0 Å². The highest BCUT2D eigenvalue weighted by molar-refractivity contribution is 6.22. The number of rotatable bonds is 3. The molecular weight excluding hydrogens is 312 g/mol. The summed E-state index contributed by atoms with van der Waals surface area (Å²) >= 11 is 0. The number of para-hydroxylation sites is 1. The predicted octanol–water partition coefficient (Wildman–Crippen LogP) is 3.23.